The number of ether oxygens (including phenoxy) is 1. The summed E-state index contributed by atoms with van der Waals surface area (Å²) in [5, 5.41) is 1.45. The highest BCUT2D eigenvalue weighted by Crippen LogP contribution is 2.32. The summed E-state index contributed by atoms with van der Waals surface area (Å²) >= 11 is 0. The number of carbonyl (C=O) groups excluding carboxylic acids is 1. The molecule has 0 saturated heterocycles. The molecule has 3 heteroatoms. The van der Waals surface area contributed by atoms with Gasteiger partial charge in [0.1, 0.15) is 6.10 Å². The van der Waals surface area contributed by atoms with Crippen LogP contribution in [0.2, 0.25) is 13.1 Å². The molecule has 0 saturated carbocycles. The second-order valence-corrected chi connectivity index (χ2v) is 11.2. The Bertz CT molecular complexity index is 622. The van der Waals surface area contributed by atoms with Crippen LogP contribution < -0.4 is 5.19 Å². The van der Waals surface area contributed by atoms with Crippen molar-refractivity contribution in [2.45, 2.75) is 38.6 Å². The minimum absolute atomic E-state index is 0.211. The van der Waals surface area contributed by atoms with Crippen molar-refractivity contribution in [3.05, 3.63) is 65.7 Å². The Kier molecular flexibility index (Phi) is 5.19. The molecule has 0 aromatic heterocycles. The SMILES string of the molecule is C[C@@H](OC=O)c1ccccc1[C@H](C)[Si](C)(C)c1ccccc1. The molecule has 2 nitrogen and oxygen atoms in total. The second kappa shape index (κ2) is 6.92. The molecule has 0 aliphatic rings. The fourth-order valence-electron chi connectivity index (χ4n) is 2.94. The van der Waals surface area contributed by atoms with E-state index in [0.29, 0.717) is 12.0 Å². The van der Waals surface area contributed by atoms with E-state index in [1.54, 1.807) is 0 Å². The zero-order valence-corrected chi connectivity index (χ0v) is 14.7. The Morgan fingerprint density at radius 3 is 2.05 bits per heavy atom. The van der Waals surface area contributed by atoms with Crippen LogP contribution in [0.3, 0.4) is 0 Å². The minimum atomic E-state index is -1.67. The van der Waals surface area contributed by atoms with Gasteiger partial charge >= 0.3 is 0 Å². The molecule has 2 atom stereocenters. The highest BCUT2D eigenvalue weighted by Gasteiger charge is 2.33. The maximum Gasteiger partial charge on any atom is 0.293 e. The number of benzene rings is 2. The first-order valence-electron chi connectivity index (χ1n) is 7.72. The Hall–Kier alpha value is -1.87. The van der Waals surface area contributed by atoms with Gasteiger partial charge in [-0.15, -0.1) is 0 Å². The zero-order valence-electron chi connectivity index (χ0n) is 13.7. The summed E-state index contributed by atoms with van der Waals surface area (Å²) in [5.41, 5.74) is 2.83. The molecule has 0 radical (unpaired) electrons. The average Bonchev–Trinajstić information content (AvgIpc) is 2.55. The van der Waals surface area contributed by atoms with Crippen molar-refractivity contribution in [1.82, 2.24) is 0 Å². The average molecular weight is 312 g/mol. The van der Waals surface area contributed by atoms with Gasteiger partial charge in [-0.25, -0.2) is 0 Å². The lowest BCUT2D eigenvalue weighted by Gasteiger charge is -2.32. The van der Waals surface area contributed by atoms with E-state index in [9.17, 15) is 4.79 Å². The summed E-state index contributed by atoms with van der Waals surface area (Å²) in [7, 11) is -1.67. The van der Waals surface area contributed by atoms with E-state index >= 15 is 0 Å². The summed E-state index contributed by atoms with van der Waals surface area (Å²) < 4.78 is 5.17. The molecule has 0 amide bonds. The molecule has 2 rings (SSSR count). The van der Waals surface area contributed by atoms with Gasteiger partial charge in [0, 0.05) is 0 Å². The van der Waals surface area contributed by atoms with Crippen LogP contribution in [0.4, 0.5) is 0 Å². The van der Waals surface area contributed by atoms with E-state index in [0.717, 1.165) is 5.56 Å². The second-order valence-electron chi connectivity index (χ2n) is 6.31. The molecule has 0 bridgehead atoms. The Morgan fingerprint density at radius 1 is 0.909 bits per heavy atom. The van der Waals surface area contributed by atoms with Crippen molar-refractivity contribution in [3.63, 3.8) is 0 Å². The molecule has 0 spiro atoms. The van der Waals surface area contributed by atoms with Crippen LogP contribution >= 0.6 is 0 Å². The lowest BCUT2D eigenvalue weighted by Crippen LogP contribution is -2.46. The van der Waals surface area contributed by atoms with E-state index in [2.05, 4.69) is 68.5 Å². The highest BCUT2D eigenvalue weighted by atomic mass is 28.3. The minimum Gasteiger partial charge on any atom is -0.460 e. The molecule has 0 unspecified atom stereocenters. The number of carbonyl (C=O) groups is 1. The summed E-state index contributed by atoms with van der Waals surface area (Å²) in [5.74, 6) is 0. The van der Waals surface area contributed by atoms with Crippen molar-refractivity contribution in [3.8, 4) is 0 Å². The van der Waals surface area contributed by atoms with E-state index in [4.69, 9.17) is 4.74 Å². The smallest absolute Gasteiger partial charge is 0.293 e. The largest absolute Gasteiger partial charge is 0.460 e. The van der Waals surface area contributed by atoms with Crippen molar-refractivity contribution in [1.29, 1.82) is 0 Å². The third-order valence-corrected chi connectivity index (χ3v) is 9.06. The number of rotatable bonds is 6. The lowest BCUT2D eigenvalue weighted by atomic mass is 10.0. The molecular weight excluding hydrogens is 288 g/mol. The fraction of sp³-hybridized carbons (Fsp3) is 0.316. The van der Waals surface area contributed by atoms with E-state index in [1.807, 2.05) is 13.0 Å². The molecule has 2 aromatic rings. The first-order valence-corrected chi connectivity index (χ1v) is 10.8. The van der Waals surface area contributed by atoms with Crippen molar-refractivity contribution in [2.24, 2.45) is 0 Å². The zero-order chi connectivity index (χ0) is 16.2. The predicted molar refractivity (Wildman–Crippen MR) is 94.0 cm³/mol. The van der Waals surface area contributed by atoms with Crippen LogP contribution in [0.15, 0.2) is 54.6 Å². The molecule has 0 aliphatic heterocycles. The molecule has 0 aliphatic carbocycles. The van der Waals surface area contributed by atoms with Gasteiger partial charge < -0.3 is 4.74 Å². The van der Waals surface area contributed by atoms with Crippen LogP contribution in [0.25, 0.3) is 0 Å². The summed E-state index contributed by atoms with van der Waals surface area (Å²) in [6, 6.07) is 19.1. The molecular formula is C19H24O2Si. The summed E-state index contributed by atoms with van der Waals surface area (Å²) in [6.45, 7) is 9.55. The third-order valence-electron chi connectivity index (χ3n) is 4.76. The maximum absolute atomic E-state index is 10.7. The molecule has 0 fully saturated rings. The molecule has 0 N–H and O–H groups in total. The van der Waals surface area contributed by atoms with E-state index < -0.39 is 8.07 Å². The molecule has 22 heavy (non-hydrogen) atoms. The van der Waals surface area contributed by atoms with Crippen LogP contribution in [0.5, 0.6) is 0 Å². The van der Waals surface area contributed by atoms with Gasteiger partial charge in [0.05, 0.1) is 8.07 Å². The molecule has 116 valence electrons. The van der Waals surface area contributed by atoms with Gasteiger partial charge in [0.15, 0.2) is 0 Å². The van der Waals surface area contributed by atoms with E-state index in [1.165, 1.54) is 10.8 Å². The lowest BCUT2D eigenvalue weighted by molar-refractivity contribution is -0.133. The van der Waals surface area contributed by atoms with Crippen molar-refractivity contribution in [2.75, 3.05) is 0 Å². The van der Waals surface area contributed by atoms with Crippen molar-refractivity contribution < 1.29 is 9.53 Å². The fourth-order valence-corrected chi connectivity index (χ4v) is 5.53. The van der Waals surface area contributed by atoms with Gasteiger partial charge in [-0.3, -0.25) is 4.79 Å². The predicted octanol–water partition coefficient (Wildman–Crippen LogP) is 4.18. The molecule has 0 heterocycles. The quantitative estimate of drug-likeness (QED) is 0.591. The normalized spacial score (nSPS) is 14.2. The van der Waals surface area contributed by atoms with Gasteiger partial charge in [-0.2, -0.15) is 0 Å². The van der Waals surface area contributed by atoms with Gasteiger partial charge in [0.2, 0.25) is 0 Å². The third kappa shape index (κ3) is 3.30. The first-order chi connectivity index (χ1) is 10.5. The van der Waals surface area contributed by atoms with Gasteiger partial charge in [-0.1, -0.05) is 79.8 Å². The standard InChI is InChI=1S/C19H24O2Si/c1-15(21-14-20)18-12-8-9-13-19(18)16(2)22(3,4)17-10-6-5-7-11-17/h5-16H,1-4H3/t15-,16+/m1/s1. The Labute approximate surface area is 134 Å². The van der Waals surface area contributed by atoms with Crippen LogP contribution in [-0.4, -0.2) is 14.5 Å². The first kappa shape index (κ1) is 16.5. The Balaban J connectivity index is 2.41. The van der Waals surface area contributed by atoms with Gasteiger partial charge in [-0.05, 0) is 23.6 Å². The number of hydrogen-bond donors (Lipinski definition) is 0. The van der Waals surface area contributed by atoms with Crippen molar-refractivity contribution >= 4 is 19.7 Å². The van der Waals surface area contributed by atoms with Crippen LogP contribution in [-0.2, 0) is 9.53 Å². The Morgan fingerprint density at radius 2 is 1.45 bits per heavy atom. The number of hydrogen-bond acceptors (Lipinski definition) is 2. The summed E-state index contributed by atoms with van der Waals surface area (Å²) in [6.07, 6.45) is -0.211. The van der Waals surface area contributed by atoms with Crippen LogP contribution in [0, 0.1) is 0 Å². The monoisotopic (exact) mass is 312 g/mol. The molecule has 2 aromatic carbocycles. The summed E-state index contributed by atoms with van der Waals surface area (Å²) in [4.78, 5) is 10.7. The topological polar surface area (TPSA) is 26.3 Å². The van der Waals surface area contributed by atoms with Gasteiger partial charge in [0.25, 0.3) is 6.47 Å². The van der Waals surface area contributed by atoms with Crippen LogP contribution in [0.1, 0.15) is 36.6 Å². The highest BCUT2D eigenvalue weighted by molar-refractivity contribution is 6.90. The maximum atomic E-state index is 10.7. The van der Waals surface area contributed by atoms with E-state index in [-0.39, 0.29) is 6.10 Å².